The van der Waals surface area contributed by atoms with Crippen LogP contribution in [0.1, 0.15) is 51.5 Å². The number of nitrogens with two attached hydrogens (primary N) is 1. The van der Waals surface area contributed by atoms with Crippen LogP contribution in [-0.2, 0) is 6.42 Å². The Balaban J connectivity index is 2.20. The van der Waals surface area contributed by atoms with Crippen molar-refractivity contribution in [2.45, 2.75) is 58.0 Å². The van der Waals surface area contributed by atoms with Crippen LogP contribution in [0.25, 0.3) is 0 Å². The Morgan fingerprint density at radius 3 is 2.62 bits per heavy atom. The lowest BCUT2D eigenvalue weighted by Gasteiger charge is -2.50. The number of benzene rings is 1. The predicted octanol–water partition coefficient (Wildman–Crippen LogP) is 3.66. The third kappa shape index (κ3) is 3.46. The van der Waals surface area contributed by atoms with Gasteiger partial charge in [-0.15, -0.1) is 0 Å². The molecule has 1 aromatic carbocycles. The van der Waals surface area contributed by atoms with E-state index in [1.54, 1.807) is 12.1 Å². The Labute approximate surface area is 127 Å². The lowest BCUT2D eigenvalue weighted by molar-refractivity contribution is -0.0954. The van der Waals surface area contributed by atoms with Crippen LogP contribution in [0.3, 0.4) is 0 Å². The van der Waals surface area contributed by atoms with Gasteiger partial charge in [0.2, 0.25) is 0 Å². The van der Waals surface area contributed by atoms with Crippen molar-refractivity contribution in [1.29, 1.82) is 0 Å². The fourth-order valence-electron chi connectivity index (χ4n) is 3.92. The molecule has 21 heavy (non-hydrogen) atoms. The first-order valence-corrected chi connectivity index (χ1v) is 8.09. The molecule has 1 saturated carbocycles. The average molecular weight is 293 g/mol. The Hall–Kier alpha value is -0.930. The molecule has 0 heterocycles. The van der Waals surface area contributed by atoms with Crippen LogP contribution >= 0.6 is 0 Å². The molecule has 1 aromatic rings. The second-order valence-corrected chi connectivity index (χ2v) is 6.93. The fourth-order valence-corrected chi connectivity index (χ4v) is 3.92. The highest BCUT2D eigenvalue weighted by Crippen LogP contribution is 2.48. The van der Waals surface area contributed by atoms with E-state index in [1.807, 2.05) is 6.92 Å². The number of aliphatic hydroxyl groups is 1. The Morgan fingerprint density at radius 1 is 1.38 bits per heavy atom. The lowest BCUT2D eigenvalue weighted by Crippen LogP contribution is -2.54. The molecule has 3 unspecified atom stereocenters. The van der Waals surface area contributed by atoms with E-state index in [4.69, 9.17) is 5.73 Å². The summed E-state index contributed by atoms with van der Waals surface area (Å²) in [5.41, 5.74) is 5.99. The molecule has 118 valence electrons. The highest BCUT2D eigenvalue weighted by molar-refractivity contribution is 5.19. The summed E-state index contributed by atoms with van der Waals surface area (Å²) in [6.45, 7) is 4.63. The monoisotopic (exact) mass is 293 g/mol. The summed E-state index contributed by atoms with van der Waals surface area (Å²) in [5, 5.41) is 11.2. The minimum absolute atomic E-state index is 0.222. The van der Waals surface area contributed by atoms with Gasteiger partial charge in [-0.3, -0.25) is 0 Å². The predicted molar refractivity (Wildman–Crippen MR) is 84.5 cm³/mol. The molecule has 0 aromatic heterocycles. The van der Waals surface area contributed by atoms with E-state index in [0.29, 0.717) is 18.9 Å². The highest BCUT2D eigenvalue weighted by Gasteiger charge is 2.48. The number of hydrogen-bond donors (Lipinski definition) is 2. The molecule has 0 amide bonds. The molecule has 0 bridgehead atoms. The van der Waals surface area contributed by atoms with E-state index in [1.165, 1.54) is 18.6 Å². The van der Waals surface area contributed by atoms with Gasteiger partial charge in [0.15, 0.2) is 0 Å². The van der Waals surface area contributed by atoms with Gasteiger partial charge in [0.05, 0.1) is 5.60 Å². The first-order chi connectivity index (χ1) is 9.92. The Kier molecular flexibility index (Phi) is 5.05. The largest absolute Gasteiger partial charge is 0.389 e. The fraction of sp³-hybridized carbons (Fsp3) is 0.667. The van der Waals surface area contributed by atoms with E-state index >= 15 is 0 Å². The summed E-state index contributed by atoms with van der Waals surface area (Å²) in [6.07, 6.45) is 6.03. The highest BCUT2D eigenvalue weighted by atomic mass is 19.1. The molecule has 3 atom stereocenters. The molecule has 0 radical (unpaired) electrons. The summed E-state index contributed by atoms with van der Waals surface area (Å²) >= 11 is 0. The molecule has 1 aliphatic rings. The average Bonchev–Trinajstić information content (AvgIpc) is 2.49. The zero-order chi connectivity index (χ0) is 15.5. The molecule has 0 aliphatic heterocycles. The molecular weight excluding hydrogens is 265 g/mol. The molecule has 0 spiro atoms. The van der Waals surface area contributed by atoms with E-state index in [-0.39, 0.29) is 11.2 Å². The lowest BCUT2D eigenvalue weighted by atomic mass is 9.59. The van der Waals surface area contributed by atoms with Crippen LogP contribution < -0.4 is 5.73 Å². The standard InChI is InChI=1S/C18H28FNO/c1-3-14-5-4-10-18(12-14,13-20)17(2,21)11-15-6-8-16(19)9-7-15/h6-9,14,21H,3-5,10-13,20H2,1-2H3. The van der Waals surface area contributed by atoms with E-state index < -0.39 is 5.60 Å². The summed E-state index contributed by atoms with van der Waals surface area (Å²) < 4.78 is 13.0. The third-order valence-electron chi connectivity index (χ3n) is 5.52. The van der Waals surface area contributed by atoms with Gasteiger partial charge in [-0.1, -0.05) is 38.3 Å². The van der Waals surface area contributed by atoms with E-state index in [2.05, 4.69) is 6.92 Å². The molecular formula is C18H28FNO. The van der Waals surface area contributed by atoms with Crippen molar-refractivity contribution in [1.82, 2.24) is 0 Å². The Bertz CT molecular complexity index is 457. The van der Waals surface area contributed by atoms with Gasteiger partial charge >= 0.3 is 0 Å². The minimum atomic E-state index is -0.854. The Morgan fingerprint density at radius 2 is 2.05 bits per heavy atom. The zero-order valence-electron chi connectivity index (χ0n) is 13.2. The maximum Gasteiger partial charge on any atom is 0.123 e. The number of halogens is 1. The quantitative estimate of drug-likeness (QED) is 0.870. The van der Waals surface area contributed by atoms with Crippen LogP contribution in [0.5, 0.6) is 0 Å². The van der Waals surface area contributed by atoms with Gasteiger partial charge in [-0.2, -0.15) is 0 Å². The second kappa shape index (κ2) is 6.45. The first-order valence-electron chi connectivity index (χ1n) is 8.09. The maximum absolute atomic E-state index is 13.0. The van der Waals surface area contributed by atoms with Crippen molar-refractivity contribution in [3.05, 3.63) is 35.6 Å². The summed E-state index contributed by atoms with van der Waals surface area (Å²) in [6, 6.07) is 6.43. The maximum atomic E-state index is 13.0. The zero-order valence-corrected chi connectivity index (χ0v) is 13.2. The summed E-state index contributed by atoms with van der Waals surface area (Å²) in [5.74, 6) is 0.414. The molecule has 2 rings (SSSR count). The molecule has 3 N–H and O–H groups in total. The number of hydrogen-bond acceptors (Lipinski definition) is 2. The van der Waals surface area contributed by atoms with Crippen molar-refractivity contribution >= 4 is 0 Å². The second-order valence-electron chi connectivity index (χ2n) is 6.93. The van der Waals surface area contributed by atoms with Gasteiger partial charge in [0, 0.05) is 18.4 Å². The molecule has 2 nitrogen and oxygen atoms in total. The molecule has 0 saturated heterocycles. The SMILES string of the molecule is CCC1CCCC(CN)(C(C)(O)Cc2ccc(F)cc2)C1. The van der Waals surface area contributed by atoms with Crippen LogP contribution in [0, 0.1) is 17.2 Å². The first kappa shape index (κ1) is 16.4. The third-order valence-corrected chi connectivity index (χ3v) is 5.52. The summed E-state index contributed by atoms with van der Waals surface area (Å²) in [4.78, 5) is 0. The van der Waals surface area contributed by atoms with Crippen LogP contribution in [0.2, 0.25) is 0 Å². The molecule has 3 heteroatoms. The molecule has 1 aliphatic carbocycles. The van der Waals surface area contributed by atoms with Crippen molar-refractivity contribution in [2.24, 2.45) is 17.1 Å². The van der Waals surface area contributed by atoms with Gasteiger partial charge in [0.25, 0.3) is 0 Å². The van der Waals surface area contributed by atoms with Crippen molar-refractivity contribution in [2.75, 3.05) is 6.54 Å². The topological polar surface area (TPSA) is 46.2 Å². The van der Waals surface area contributed by atoms with E-state index in [9.17, 15) is 9.50 Å². The molecule has 1 fully saturated rings. The van der Waals surface area contributed by atoms with E-state index in [0.717, 1.165) is 31.2 Å². The van der Waals surface area contributed by atoms with Crippen molar-refractivity contribution in [3.8, 4) is 0 Å². The smallest absolute Gasteiger partial charge is 0.123 e. The van der Waals surface area contributed by atoms with Gasteiger partial charge < -0.3 is 10.8 Å². The number of rotatable bonds is 5. The van der Waals surface area contributed by atoms with Crippen molar-refractivity contribution in [3.63, 3.8) is 0 Å². The van der Waals surface area contributed by atoms with Gasteiger partial charge in [-0.25, -0.2) is 4.39 Å². The van der Waals surface area contributed by atoms with Gasteiger partial charge in [0.1, 0.15) is 5.82 Å². The van der Waals surface area contributed by atoms with Crippen LogP contribution in [0.4, 0.5) is 4.39 Å². The van der Waals surface area contributed by atoms with Gasteiger partial charge in [-0.05, 0) is 43.4 Å². The van der Waals surface area contributed by atoms with Crippen molar-refractivity contribution < 1.29 is 9.50 Å². The minimum Gasteiger partial charge on any atom is -0.389 e. The van der Waals surface area contributed by atoms with Crippen LogP contribution in [-0.4, -0.2) is 17.3 Å². The summed E-state index contributed by atoms with van der Waals surface area (Å²) in [7, 11) is 0. The normalized spacial score (nSPS) is 29.1. The van der Waals surface area contributed by atoms with Crippen LogP contribution in [0.15, 0.2) is 24.3 Å².